The number of carbonyl (C=O) groups is 4. The van der Waals surface area contributed by atoms with Crippen molar-refractivity contribution in [3.63, 3.8) is 0 Å². The Hall–Kier alpha value is -7.37. The van der Waals surface area contributed by atoms with E-state index in [9.17, 15) is 44.7 Å². The van der Waals surface area contributed by atoms with Crippen LogP contribution in [0.1, 0.15) is 95.5 Å². The van der Waals surface area contributed by atoms with Crippen LogP contribution in [0.5, 0.6) is 17.2 Å². The number of carboxylic acids is 2. The van der Waals surface area contributed by atoms with Gasteiger partial charge in [-0.05, 0) is 122 Å². The monoisotopic (exact) mass is 1260 g/mol. The molecule has 3 aromatic carbocycles. The maximum absolute atomic E-state index is 14.0. The number of hydrogen-bond donors (Lipinski definition) is 8. The number of ether oxygens (including phenoxy) is 8. The van der Waals surface area contributed by atoms with Crippen molar-refractivity contribution in [2.45, 2.75) is 128 Å². The Morgan fingerprint density at radius 2 is 1.63 bits per heavy atom. The molecule has 0 spiro atoms. The number of pyridine rings is 1. The number of benzene rings is 3. The van der Waals surface area contributed by atoms with E-state index < -0.39 is 60.3 Å². The van der Waals surface area contributed by atoms with Gasteiger partial charge in [0.05, 0.1) is 66.8 Å². The number of fused-ring (bicyclic) bond motifs is 2. The fourth-order valence-electron chi connectivity index (χ4n) is 15.3. The van der Waals surface area contributed by atoms with E-state index in [2.05, 4.69) is 34.4 Å². The summed E-state index contributed by atoms with van der Waals surface area (Å²) < 4.78 is 49.6. The highest BCUT2D eigenvalue weighted by molar-refractivity contribution is 7.22. The first kappa shape index (κ1) is 64.2. The van der Waals surface area contributed by atoms with E-state index in [0.717, 1.165) is 65.6 Å². The first-order valence-electron chi connectivity index (χ1n) is 30.2. The van der Waals surface area contributed by atoms with Gasteiger partial charge in [-0.25, -0.2) is 19.6 Å². The third-order valence-corrected chi connectivity index (χ3v) is 19.0. The Morgan fingerprint density at radius 3 is 2.37 bits per heavy atom. The molecule has 25 nitrogen and oxygen atoms in total. The maximum Gasteiger partial charge on any atom is 0.337 e. The summed E-state index contributed by atoms with van der Waals surface area (Å²) in [6.45, 7) is 9.32. The van der Waals surface area contributed by atoms with Gasteiger partial charge in [0.1, 0.15) is 60.6 Å². The highest BCUT2D eigenvalue weighted by atomic mass is 32.1. The smallest absolute Gasteiger partial charge is 0.337 e. The molecule has 9 N–H and O–H groups in total. The van der Waals surface area contributed by atoms with E-state index in [-0.39, 0.29) is 65.6 Å². The summed E-state index contributed by atoms with van der Waals surface area (Å²) in [5.41, 5.74) is 10.1. The SMILES string of the molecule is COCC(NCCOC12CC3(C)CC(C)(CC(Cn4ncc(-c5nc(N6CCc7c(OC)ccc(C(=O)Nc8nc9ccccc9s8)c7C6)ccc5C(=O)O)c4C)(C3)C1)C2)C(=O)OCc1ccc(O[C@@H]2O[C@H](C(=O)O)[C@@H](O)[C@H](O)[C@H]2O)cc1OCCOCCN. The number of aliphatic carboxylic acids is 1. The fraction of sp³-hybridized carbons (Fsp3) is 0.516. The number of carboxylic acid groups (broad SMARTS) is 2. The number of nitrogens with zero attached hydrogens (tertiary/aromatic N) is 5. The molecule has 6 aliphatic rings. The number of esters is 1. The summed E-state index contributed by atoms with van der Waals surface area (Å²) in [5, 5.41) is 63.0. The molecule has 3 aromatic heterocycles. The van der Waals surface area contributed by atoms with Crippen molar-refractivity contribution in [3.8, 4) is 28.5 Å². The van der Waals surface area contributed by atoms with E-state index in [1.54, 1.807) is 37.6 Å². The predicted molar refractivity (Wildman–Crippen MR) is 328 cm³/mol. The second-order valence-corrected chi connectivity index (χ2v) is 26.2. The molecule has 0 radical (unpaired) electrons. The number of anilines is 2. The van der Waals surface area contributed by atoms with Crippen molar-refractivity contribution in [2.75, 3.05) is 77.1 Å². The quantitative estimate of drug-likeness (QED) is 0.0233. The van der Waals surface area contributed by atoms with Gasteiger partial charge in [-0.15, -0.1) is 0 Å². The summed E-state index contributed by atoms with van der Waals surface area (Å²) >= 11 is 1.40. The van der Waals surface area contributed by atoms with Crippen LogP contribution < -0.4 is 35.5 Å². The molecule has 5 fully saturated rings. The summed E-state index contributed by atoms with van der Waals surface area (Å²) in [6.07, 6.45) is -1.30. The first-order valence-corrected chi connectivity index (χ1v) is 31.0. The number of methoxy groups -OCH3 is 2. The van der Waals surface area contributed by atoms with E-state index in [1.165, 1.54) is 30.6 Å². The minimum atomic E-state index is -1.90. The van der Waals surface area contributed by atoms with E-state index in [0.29, 0.717) is 91.4 Å². The molecule has 12 rings (SSSR count). The molecular weight excluding hydrogens is 1180 g/mol. The molecule has 2 aliphatic heterocycles. The number of rotatable bonds is 27. The Labute approximate surface area is 523 Å². The summed E-state index contributed by atoms with van der Waals surface area (Å²) in [5.74, 6) is -2.07. The lowest BCUT2D eigenvalue weighted by Gasteiger charge is -2.69. The van der Waals surface area contributed by atoms with Crippen LogP contribution in [-0.4, -0.2) is 178 Å². The number of nitrogens with two attached hydrogens (primary N) is 1. The number of aromatic nitrogens is 4. The van der Waals surface area contributed by atoms with Crippen LogP contribution in [0, 0.1) is 23.2 Å². The minimum Gasteiger partial charge on any atom is -0.496 e. The maximum atomic E-state index is 14.0. The summed E-state index contributed by atoms with van der Waals surface area (Å²) in [4.78, 5) is 64.3. The number of para-hydroxylation sites is 1. The van der Waals surface area contributed by atoms with E-state index >= 15 is 0 Å². The molecule has 1 amide bonds. The molecule has 4 bridgehead atoms. The number of aliphatic hydroxyl groups excluding tert-OH is 3. The van der Waals surface area contributed by atoms with Crippen LogP contribution in [0.25, 0.3) is 21.5 Å². The second kappa shape index (κ2) is 26.5. The van der Waals surface area contributed by atoms with Gasteiger partial charge in [-0.1, -0.05) is 37.3 Å². The zero-order chi connectivity index (χ0) is 63.7. The highest BCUT2D eigenvalue weighted by Gasteiger charge is 2.66. The number of aliphatic hydroxyl groups is 3. The van der Waals surface area contributed by atoms with Gasteiger partial charge in [0.15, 0.2) is 11.2 Å². The Balaban J connectivity index is 0.748. The number of nitrogens with one attached hydrogen (secondary N) is 2. The molecular formula is C64H78N8O17S. The van der Waals surface area contributed by atoms with Crippen molar-refractivity contribution in [3.05, 3.63) is 106 Å². The average Bonchev–Trinajstić information content (AvgIpc) is 0.716. The summed E-state index contributed by atoms with van der Waals surface area (Å²) in [6, 6.07) is 18.2. The van der Waals surface area contributed by atoms with Gasteiger partial charge < -0.3 is 79.4 Å². The van der Waals surface area contributed by atoms with Gasteiger partial charge in [-0.3, -0.25) is 19.6 Å². The molecule has 482 valence electrons. The Bertz CT molecular complexity index is 3590. The molecule has 5 heterocycles. The van der Waals surface area contributed by atoms with Crippen molar-refractivity contribution < 1.29 is 82.6 Å². The van der Waals surface area contributed by atoms with Crippen LogP contribution in [0.4, 0.5) is 10.9 Å². The van der Waals surface area contributed by atoms with Crippen molar-refractivity contribution >= 4 is 56.3 Å². The van der Waals surface area contributed by atoms with Crippen molar-refractivity contribution in [1.29, 1.82) is 0 Å². The van der Waals surface area contributed by atoms with Crippen LogP contribution in [0.2, 0.25) is 0 Å². The standard InChI is InChI=1S/C64H78N8O17S/c1-36-42(50-41(56(77)78)13-15-49(69-50)71-19-16-39-43(26-71)40(12-14-46(39)83-5)55(76)70-60-68-44-8-6-7-9-48(44)90-60)25-67-72(36)35-63-30-61(2)29-62(3,31-63)33-64(32-61,34-63)87-21-18-66-45(28-82-4)58(81)86-27-37-10-11-38(24-47(37)85-23-22-84-20-17-65)88-59-53(75)51(73)52(74)54(89-59)57(79)80/h6-15,24-25,45,51-54,59,66,73-75H,16-23,26-35,65H2,1-5H3,(H,77,78)(H,79,80)(H,68,70,76)/t45?,51-,52-,53+,54-,59+,61?,62?,63?,64?/m0/s1. The number of thiazole rings is 1. The molecule has 26 heteroatoms. The third kappa shape index (κ3) is 13.5. The van der Waals surface area contributed by atoms with Crippen LogP contribution in [-0.2, 0) is 59.4 Å². The number of carbonyl (C=O) groups excluding carboxylic acids is 2. The largest absolute Gasteiger partial charge is 0.496 e. The number of aromatic carboxylic acids is 1. The second-order valence-electron chi connectivity index (χ2n) is 25.2. The molecule has 4 saturated carbocycles. The van der Waals surface area contributed by atoms with Gasteiger partial charge in [0.2, 0.25) is 6.29 Å². The summed E-state index contributed by atoms with van der Waals surface area (Å²) in [7, 11) is 3.10. The van der Waals surface area contributed by atoms with Gasteiger partial charge in [-0.2, -0.15) is 5.10 Å². The lowest BCUT2D eigenvalue weighted by atomic mass is 9.39. The lowest BCUT2D eigenvalue weighted by Crippen LogP contribution is -2.64. The molecule has 4 aliphatic carbocycles. The van der Waals surface area contributed by atoms with Gasteiger partial charge >= 0.3 is 17.9 Å². The van der Waals surface area contributed by atoms with Crippen LogP contribution in [0.15, 0.2) is 72.9 Å². The van der Waals surface area contributed by atoms with Crippen LogP contribution in [0.3, 0.4) is 0 Å². The van der Waals surface area contributed by atoms with Crippen molar-refractivity contribution in [2.24, 2.45) is 22.0 Å². The molecule has 90 heavy (non-hydrogen) atoms. The lowest BCUT2D eigenvalue weighted by molar-refractivity contribution is -0.271. The Morgan fingerprint density at radius 1 is 0.856 bits per heavy atom. The molecule has 6 aromatic rings. The van der Waals surface area contributed by atoms with E-state index in [4.69, 9.17) is 53.7 Å². The molecule has 3 unspecified atom stereocenters. The van der Waals surface area contributed by atoms with Gasteiger partial charge in [0.25, 0.3) is 5.91 Å². The fourth-order valence-corrected chi connectivity index (χ4v) is 16.2. The Kier molecular flexibility index (Phi) is 18.9. The number of amides is 1. The minimum absolute atomic E-state index is 0.00512. The average molecular weight is 1260 g/mol. The topological polar surface area (TPSA) is 340 Å². The zero-order valence-corrected chi connectivity index (χ0v) is 51.8. The van der Waals surface area contributed by atoms with Gasteiger partial charge in [0, 0.05) is 73.8 Å². The third-order valence-electron chi connectivity index (χ3n) is 18.0. The normalized spacial score (nSPS) is 26.2. The highest BCUT2D eigenvalue weighted by Crippen LogP contribution is 2.72. The van der Waals surface area contributed by atoms with Crippen LogP contribution >= 0.6 is 11.3 Å². The molecule has 8 atom stereocenters. The number of hydrogen-bond acceptors (Lipinski definition) is 22. The zero-order valence-electron chi connectivity index (χ0n) is 51.0. The van der Waals surface area contributed by atoms with E-state index in [1.807, 2.05) is 41.9 Å². The molecule has 1 saturated heterocycles. The van der Waals surface area contributed by atoms with Crippen molar-refractivity contribution in [1.82, 2.24) is 25.1 Å². The predicted octanol–water partition coefficient (Wildman–Crippen LogP) is 5.49. The first-order chi connectivity index (χ1) is 43.1.